The molecule has 6 heteroatoms. The maximum atomic E-state index is 12.0. The summed E-state index contributed by atoms with van der Waals surface area (Å²) in [7, 11) is 1.69. The monoisotopic (exact) mass is 326 g/mol. The van der Waals surface area contributed by atoms with E-state index in [4.69, 9.17) is 0 Å². The van der Waals surface area contributed by atoms with Crippen molar-refractivity contribution in [2.24, 2.45) is 10.2 Å². The molecule has 2 aromatic rings. The van der Waals surface area contributed by atoms with E-state index in [0.717, 1.165) is 5.69 Å². The molecule has 2 rings (SSSR count). The normalized spacial score (nSPS) is 12.1. The molecule has 6 nitrogen and oxygen atoms in total. The van der Waals surface area contributed by atoms with Crippen molar-refractivity contribution in [1.29, 1.82) is 0 Å². The Balaban J connectivity index is 1.90. The first-order valence-electron chi connectivity index (χ1n) is 7.81. The Labute approximate surface area is 141 Å². The van der Waals surface area contributed by atoms with Crippen molar-refractivity contribution in [3.8, 4) is 0 Å². The van der Waals surface area contributed by atoms with Crippen LogP contribution in [0.3, 0.4) is 0 Å². The molecule has 0 heterocycles. The van der Waals surface area contributed by atoms with Gasteiger partial charge in [-0.2, -0.15) is 10.2 Å². The number of carbonyl (C=O) groups excluding carboxylic acids is 1. The summed E-state index contributed by atoms with van der Waals surface area (Å²) in [5.74, 6) is 0. The number of carbonyl (C=O) groups is 1. The highest BCUT2D eigenvalue weighted by Gasteiger charge is 2.09. The number of aliphatic hydroxyl groups is 1. The minimum Gasteiger partial charge on any atom is -0.393 e. The quantitative estimate of drug-likeness (QED) is 0.775. The summed E-state index contributed by atoms with van der Waals surface area (Å²) in [5, 5.41) is 20.4. The minimum absolute atomic E-state index is 0.214. The number of aliphatic hydroxyl groups excluding tert-OH is 1. The topological polar surface area (TPSA) is 77.3 Å². The molecular formula is C18H22N4O2. The van der Waals surface area contributed by atoms with E-state index in [-0.39, 0.29) is 6.03 Å². The fourth-order valence-corrected chi connectivity index (χ4v) is 1.92. The summed E-state index contributed by atoms with van der Waals surface area (Å²) in [6.45, 7) is 2.20. The average Bonchev–Trinajstić information content (AvgIpc) is 2.60. The van der Waals surface area contributed by atoms with E-state index < -0.39 is 6.10 Å². The summed E-state index contributed by atoms with van der Waals surface area (Å²) in [6.07, 6.45) is 0.123. The molecule has 126 valence electrons. The van der Waals surface area contributed by atoms with Gasteiger partial charge in [0.15, 0.2) is 0 Å². The molecule has 0 fully saturated rings. The molecule has 0 radical (unpaired) electrons. The van der Waals surface area contributed by atoms with Gasteiger partial charge >= 0.3 is 6.03 Å². The predicted octanol–water partition coefficient (Wildman–Crippen LogP) is 4.34. The Bertz CT molecular complexity index is 669. The van der Waals surface area contributed by atoms with Crippen molar-refractivity contribution in [1.82, 2.24) is 4.90 Å². The Morgan fingerprint density at radius 3 is 2.25 bits per heavy atom. The highest BCUT2D eigenvalue weighted by molar-refractivity contribution is 5.89. The van der Waals surface area contributed by atoms with Crippen LogP contribution in [0.15, 0.2) is 64.8 Å². The number of amides is 2. The minimum atomic E-state index is -0.422. The van der Waals surface area contributed by atoms with Gasteiger partial charge in [0, 0.05) is 19.3 Å². The van der Waals surface area contributed by atoms with Gasteiger partial charge in [-0.25, -0.2) is 4.79 Å². The first kappa shape index (κ1) is 17.6. The molecule has 2 N–H and O–H groups in total. The van der Waals surface area contributed by atoms with E-state index in [1.165, 1.54) is 4.90 Å². The fraction of sp³-hybridized carbons (Fsp3) is 0.278. The number of rotatable bonds is 6. The van der Waals surface area contributed by atoms with Gasteiger partial charge in [-0.05, 0) is 49.7 Å². The Kier molecular flexibility index (Phi) is 6.45. The van der Waals surface area contributed by atoms with E-state index in [1.54, 1.807) is 38.2 Å². The van der Waals surface area contributed by atoms with Gasteiger partial charge in [0.05, 0.1) is 17.5 Å². The lowest BCUT2D eigenvalue weighted by atomic mass is 10.3. The number of nitrogens with one attached hydrogen (secondary N) is 1. The summed E-state index contributed by atoms with van der Waals surface area (Å²) < 4.78 is 0. The Morgan fingerprint density at radius 2 is 1.67 bits per heavy atom. The zero-order valence-corrected chi connectivity index (χ0v) is 13.9. The molecule has 2 amide bonds. The zero-order chi connectivity index (χ0) is 17.4. The van der Waals surface area contributed by atoms with Gasteiger partial charge in [0.2, 0.25) is 0 Å². The molecule has 0 spiro atoms. The Hall–Kier alpha value is -2.73. The molecule has 0 saturated heterocycles. The van der Waals surface area contributed by atoms with Crippen molar-refractivity contribution < 1.29 is 9.90 Å². The molecule has 2 aromatic carbocycles. The van der Waals surface area contributed by atoms with Crippen molar-refractivity contribution in [2.45, 2.75) is 19.4 Å². The van der Waals surface area contributed by atoms with Crippen LogP contribution in [0.25, 0.3) is 0 Å². The summed E-state index contributed by atoms with van der Waals surface area (Å²) in [4.78, 5) is 13.5. The highest BCUT2D eigenvalue weighted by Crippen LogP contribution is 2.20. The van der Waals surface area contributed by atoms with E-state index >= 15 is 0 Å². The predicted molar refractivity (Wildman–Crippen MR) is 95.0 cm³/mol. The third-order valence-corrected chi connectivity index (χ3v) is 3.38. The van der Waals surface area contributed by atoms with Gasteiger partial charge in [0.25, 0.3) is 0 Å². The van der Waals surface area contributed by atoms with Gasteiger partial charge < -0.3 is 15.3 Å². The molecule has 0 aliphatic heterocycles. The maximum Gasteiger partial charge on any atom is 0.321 e. The summed E-state index contributed by atoms with van der Waals surface area (Å²) in [6, 6.07) is 16.4. The summed E-state index contributed by atoms with van der Waals surface area (Å²) in [5.41, 5.74) is 2.18. The lowest BCUT2D eigenvalue weighted by Crippen LogP contribution is -2.33. The molecule has 1 atom stereocenters. The fourth-order valence-electron chi connectivity index (χ4n) is 1.92. The highest BCUT2D eigenvalue weighted by atomic mass is 16.3. The van der Waals surface area contributed by atoms with E-state index in [1.807, 2.05) is 30.3 Å². The Morgan fingerprint density at radius 1 is 1.08 bits per heavy atom. The second kappa shape index (κ2) is 8.79. The molecule has 0 aliphatic carbocycles. The van der Waals surface area contributed by atoms with Crippen molar-refractivity contribution in [2.75, 3.05) is 18.9 Å². The number of azo groups is 1. The van der Waals surface area contributed by atoms with Gasteiger partial charge in [0.1, 0.15) is 0 Å². The number of nitrogens with zero attached hydrogens (tertiary/aromatic N) is 3. The van der Waals surface area contributed by atoms with Crippen molar-refractivity contribution in [3.05, 3.63) is 54.6 Å². The zero-order valence-electron chi connectivity index (χ0n) is 13.9. The molecule has 24 heavy (non-hydrogen) atoms. The van der Waals surface area contributed by atoms with Crippen LogP contribution in [0, 0.1) is 0 Å². The van der Waals surface area contributed by atoms with Crippen LogP contribution in [0.4, 0.5) is 21.9 Å². The van der Waals surface area contributed by atoms with Crippen LogP contribution in [0.2, 0.25) is 0 Å². The lowest BCUT2D eigenvalue weighted by molar-refractivity contribution is 0.167. The van der Waals surface area contributed by atoms with Crippen molar-refractivity contribution in [3.63, 3.8) is 0 Å². The molecular weight excluding hydrogens is 304 g/mol. The SMILES string of the molecule is CC(O)CCN(C)C(=O)Nc1ccc(N=Nc2ccccc2)cc1. The maximum absolute atomic E-state index is 12.0. The number of anilines is 1. The average molecular weight is 326 g/mol. The number of benzene rings is 2. The van der Waals surface area contributed by atoms with Crippen LogP contribution < -0.4 is 5.32 Å². The van der Waals surface area contributed by atoms with Gasteiger partial charge in [-0.1, -0.05) is 18.2 Å². The standard InChI is InChI=1S/C18H22N4O2/c1-14(23)12-13-22(2)18(24)19-15-8-10-17(11-9-15)21-20-16-6-4-3-5-7-16/h3-11,14,23H,12-13H2,1-2H3,(H,19,24). The second-order valence-electron chi connectivity index (χ2n) is 5.57. The lowest BCUT2D eigenvalue weighted by Gasteiger charge is -2.18. The third-order valence-electron chi connectivity index (χ3n) is 3.38. The molecule has 1 unspecified atom stereocenters. The second-order valence-corrected chi connectivity index (χ2v) is 5.57. The van der Waals surface area contributed by atoms with Crippen molar-refractivity contribution >= 4 is 23.1 Å². The largest absolute Gasteiger partial charge is 0.393 e. The van der Waals surface area contributed by atoms with Crippen LogP contribution in [-0.2, 0) is 0 Å². The molecule has 0 aliphatic rings. The van der Waals surface area contributed by atoms with E-state index in [9.17, 15) is 9.90 Å². The van der Waals surface area contributed by atoms with Crippen LogP contribution >= 0.6 is 0 Å². The smallest absolute Gasteiger partial charge is 0.321 e. The van der Waals surface area contributed by atoms with Gasteiger partial charge in [-0.15, -0.1) is 0 Å². The number of urea groups is 1. The number of hydrogen-bond acceptors (Lipinski definition) is 4. The van der Waals surface area contributed by atoms with E-state index in [0.29, 0.717) is 24.3 Å². The number of hydrogen-bond donors (Lipinski definition) is 2. The van der Waals surface area contributed by atoms with Crippen LogP contribution in [0.1, 0.15) is 13.3 Å². The van der Waals surface area contributed by atoms with Gasteiger partial charge in [-0.3, -0.25) is 0 Å². The first-order chi connectivity index (χ1) is 11.5. The third kappa shape index (κ3) is 5.81. The van der Waals surface area contributed by atoms with Crippen LogP contribution in [-0.4, -0.2) is 35.7 Å². The summed E-state index contributed by atoms with van der Waals surface area (Å²) >= 11 is 0. The van der Waals surface area contributed by atoms with E-state index in [2.05, 4.69) is 15.5 Å². The molecule has 0 saturated carbocycles. The van der Waals surface area contributed by atoms with Crippen LogP contribution in [0.5, 0.6) is 0 Å². The molecule has 0 aromatic heterocycles. The molecule has 0 bridgehead atoms. The first-order valence-corrected chi connectivity index (χ1v) is 7.81.